The number of carbonyl (C=O) groups is 2. The van der Waals surface area contributed by atoms with Gasteiger partial charge in [0.2, 0.25) is 11.8 Å². The number of hydrogen-bond donors (Lipinski definition) is 0. The number of amides is 2. The monoisotopic (exact) mass is 398 g/mol. The molecule has 29 heavy (non-hydrogen) atoms. The molecule has 0 N–H and O–H groups in total. The Hall–Kier alpha value is -2.37. The molecule has 1 atom stereocenters. The van der Waals surface area contributed by atoms with E-state index < -0.39 is 0 Å². The SMILES string of the molecule is CCCCN1C[C@H](c2nc3ccccc3n2CC(=O)N(C(C)C)C(C)C)CC1=O. The van der Waals surface area contributed by atoms with Crippen molar-refractivity contribution in [2.45, 2.75) is 78.4 Å². The van der Waals surface area contributed by atoms with Crippen molar-refractivity contribution in [2.24, 2.45) is 0 Å². The van der Waals surface area contributed by atoms with Gasteiger partial charge in [0.15, 0.2) is 0 Å². The van der Waals surface area contributed by atoms with E-state index in [0.29, 0.717) is 13.0 Å². The molecule has 2 heterocycles. The molecule has 1 aromatic carbocycles. The molecule has 1 aliphatic rings. The van der Waals surface area contributed by atoms with Crippen molar-refractivity contribution in [1.82, 2.24) is 19.4 Å². The van der Waals surface area contributed by atoms with Crippen LogP contribution in [-0.4, -0.2) is 56.3 Å². The molecule has 2 amide bonds. The van der Waals surface area contributed by atoms with Crippen LogP contribution in [0.15, 0.2) is 24.3 Å². The van der Waals surface area contributed by atoms with E-state index >= 15 is 0 Å². The van der Waals surface area contributed by atoms with Gasteiger partial charge in [-0.3, -0.25) is 9.59 Å². The number of carbonyl (C=O) groups excluding carboxylic acids is 2. The maximum Gasteiger partial charge on any atom is 0.243 e. The van der Waals surface area contributed by atoms with Crippen LogP contribution < -0.4 is 0 Å². The highest BCUT2D eigenvalue weighted by molar-refractivity contribution is 5.83. The van der Waals surface area contributed by atoms with E-state index in [0.717, 1.165) is 36.2 Å². The summed E-state index contributed by atoms with van der Waals surface area (Å²) < 4.78 is 2.04. The molecule has 0 unspecified atom stereocenters. The molecule has 1 aromatic heterocycles. The van der Waals surface area contributed by atoms with Crippen LogP contribution in [0.25, 0.3) is 11.0 Å². The number of fused-ring (bicyclic) bond motifs is 1. The molecule has 0 radical (unpaired) electrons. The lowest BCUT2D eigenvalue weighted by molar-refractivity contribution is -0.135. The highest BCUT2D eigenvalue weighted by Crippen LogP contribution is 2.30. The number of hydrogen-bond acceptors (Lipinski definition) is 3. The van der Waals surface area contributed by atoms with Crippen LogP contribution in [0.4, 0.5) is 0 Å². The predicted octanol–water partition coefficient (Wildman–Crippen LogP) is 3.80. The lowest BCUT2D eigenvalue weighted by Gasteiger charge is -2.31. The number of rotatable bonds is 8. The fraction of sp³-hybridized carbons (Fsp3) is 0.609. The lowest BCUT2D eigenvalue weighted by Crippen LogP contribution is -2.44. The minimum absolute atomic E-state index is 0.0334. The lowest BCUT2D eigenvalue weighted by atomic mass is 10.1. The second kappa shape index (κ2) is 8.97. The second-order valence-corrected chi connectivity index (χ2v) is 8.63. The van der Waals surface area contributed by atoms with Gasteiger partial charge < -0.3 is 14.4 Å². The van der Waals surface area contributed by atoms with Crippen molar-refractivity contribution in [3.05, 3.63) is 30.1 Å². The maximum absolute atomic E-state index is 13.2. The van der Waals surface area contributed by atoms with Crippen LogP contribution in [-0.2, 0) is 16.1 Å². The van der Waals surface area contributed by atoms with Crippen LogP contribution in [0.2, 0.25) is 0 Å². The summed E-state index contributed by atoms with van der Waals surface area (Å²) >= 11 is 0. The maximum atomic E-state index is 13.2. The number of benzene rings is 1. The molecule has 1 fully saturated rings. The largest absolute Gasteiger partial charge is 0.342 e. The van der Waals surface area contributed by atoms with Crippen LogP contribution in [0.1, 0.15) is 65.6 Å². The molecule has 6 heteroatoms. The summed E-state index contributed by atoms with van der Waals surface area (Å²) in [5.74, 6) is 1.18. The van der Waals surface area contributed by atoms with Gasteiger partial charge in [-0.2, -0.15) is 0 Å². The van der Waals surface area contributed by atoms with Gasteiger partial charge in [-0.15, -0.1) is 0 Å². The summed E-state index contributed by atoms with van der Waals surface area (Å²) in [6.45, 7) is 12.1. The first-order chi connectivity index (χ1) is 13.8. The van der Waals surface area contributed by atoms with Gasteiger partial charge in [0, 0.05) is 37.5 Å². The first kappa shape index (κ1) is 21.3. The molecule has 158 valence electrons. The van der Waals surface area contributed by atoms with Gasteiger partial charge in [-0.05, 0) is 46.2 Å². The van der Waals surface area contributed by atoms with Crippen molar-refractivity contribution in [3.63, 3.8) is 0 Å². The normalized spacial score (nSPS) is 17.1. The molecule has 0 bridgehead atoms. The number of para-hydroxylation sites is 2. The molecule has 6 nitrogen and oxygen atoms in total. The standard InChI is InChI=1S/C23H34N4O2/c1-6-7-12-25-14-18(13-21(25)28)23-24-19-10-8-9-11-20(19)26(23)15-22(29)27(16(2)3)17(4)5/h8-11,16-18H,6-7,12-15H2,1-5H3/t18-/m1/s1. The summed E-state index contributed by atoms with van der Waals surface area (Å²) in [6.07, 6.45) is 2.56. The van der Waals surface area contributed by atoms with Gasteiger partial charge >= 0.3 is 0 Å². The summed E-state index contributed by atoms with van der Waals surface area (Å²) in [7, 11) is 0. The Bertz CT molecular complexity index is 863. The van der Waals surface area contributed by atoms with Crippen molar-refractivity contribution in [1.29, 1.82) is 0 Å². The van der Waals surface area contributed by atoms with Gasteiger partial charge in [0.1, 0.15) is 12.4 Å². The Morgan fingerprint density at radius 3 is 2.55 bits per heavy atom. The fourth-order valence-corrected chi connectivity index (χ4v) is 4.47. The number of imidazole rings is 1. The van der Waals surface area contributed by atoms with E-state index in [1.165, 1.54) is 0 Å². The van der Waals surface area contributed by atoms with E-state index in [4.69, 9.17) is 4.98 Å². The zero-order valence-electron chi connectivity index (χ0n) is 18.4. The van der Waals surface area contributed by atoms with E-state index in [1.54, 1.807) is 0 Å². The molecule has 1 aliphatic heterocycles. The van der Waals surface area contributed by atoms with Crippen molar-refractivity contribution < 1.29 is 9.59 Å². The molecule has 2 aromatic rings. The number of nitrogens with zero attached hydrogens (tertiary/aromatic N) is 4. The molecule has 0 spiro atoms. The first-order valence-corrected chi connectivity index (χ1v) is 10.9. The van der Waals surface area contributed by atoms with E-state index in [-0.39, 0.29) is 36.4 Å². The topological polar surface area (TPSA) is 58.4 Å². The number of unbranched alkanes of at least 4 members (excludes halogenated alkanes) is 1. The minimum Gasteiger partial charge on any atom is -0.342 e. The van der Waals surface area contributed by atoms with E-state index in [2.05, 4.69) is 6.92 Å². The molecule has 1 saturated heterocycles. The van der Waals surface area contributed by atoms with E-state index in [1.807, 2.05) is 66.3 Å². The zero-order valence-corrected chi connectivity index (χ0v) is 18.4. The highest BCUT2D eigenvalue weighted by Gasteiger charge is 2.34. The zero-order chi connectivity index (χ0) is 21.1. The third-order valence-electron chi connectivity index (χ3n) is 5.74. The van der Waals surface area contributed by atoms with Crippen molar-refractivity contribution in [3.8, 4) is 0 Å². The van der Waals surface area contributed by atoms with Crippen molar-refractivity contribution in [2.75, 3.05) is 13.1 Å². The average Bonchev–Trinajstić information content (AvgIpc) is 3.20. The molecule has 0 aliphatic carbocycles. The number of aromatic nitrogens is 2. The first-order valence-electron chi connectivity index (χ1n) is 10.9. The Labute approximate surface area is 173 Å². The third kappa shape index (κ3) is 4.46. The smallest absolute Gasteiger partial charge is 0.243 e. The minimum atomic E-state index is 0.0334. The van der Waals surface area contributed by atoms with Crippen LogP contribution in [0.3, 0.4) is 0 Å². The van der Waals surface area contributed by atoms with Gasteiger partial charge in [-0.25, -0.2) is 4.98 Å². The fourth-order valence-electron chi connectivity index (χ4n) is 4.47. The average molecular weight is 399 g/mol. The predicted molar refractivity (Wildman–Crippen MR) is 116 cm³/mol. The van der Waals surface area contributed by atoms with Gasteiger partial charge in [0.05, 0.1) is 11.0 Å². The summed E-state index contributed by atoms with van der Waals surface area (Å²) in [5.41, 5.74) is 1.85. The summed E-state index contributed by atoms with van der Waals surface area (Å²) in [4.78, 5) is 34.4. The van der Waals surface area contributed by atoms with Crippen LogP contribution >= 0.6 is 0 Å². The van der Waals surface area contributed by atoms with Gasteiger partial charge in [-0.1, -0.05) is 25.5 Å². The third-order valence-corrected chi connectivity index (χ3v) is 5.74. The van der Waals surface area contributed by atoms with Gasteiger partial charge in [0.25, 0.3) is 0 Å². The second-order valence-electron chi connectivity index (χ2n) is 8.63. The Morgan fingerprint density at radius 2 is 1.90 bits per heavy atom. The molecular formula is C23H34N4O2. The highest BCUT2D eigenvalue weighted by atomic mass is 16.2. The summed E-state index contributed by atoms with van der Waals surface area (Å²) in [5, 5.41) is 0. The Morgan fingerprint density at radius 1 is 1.21 bits per heavy atom. The molecule has 3 rings (SSSR count). The molecule has 0 saturated carbocycles. The summed E-state index contributed by atoms with van der Waals surface area (Å²) in [6, 6.07) is 8.21. The van der Waals surface area contributed by atoms with Crippen LogP contribution in [0, 0.1) is 0 Å². The van der Waals surface area contributed by atoms with E-state index in [9.17, 15) is 9.59 Å². The van der Waals surface area contributed by atoms with Crippen molar-refractivity contribution >= 4 is 22.8 Å². The quantitative estimate of drug-likeness (QED) is 0.680. The molecular weight excluding hydrogens is 364 g/mol. The number of likely N-dealkylation sites (tertiary alicyclic amines) is 1. The Kier molecular flexibility index (Phi) is 6.60. The van der Waals surface area contributed by atoms with Crippen LogP contribution in [0.5, 0.6) is 0 Å². The Balaban J connectivity index is 1.93.